The van der Waals surface area contributed by atoms with Crippen molar-refractivity contribution in [3.63, 3.8) is 0 Å². The van der Waals surface area contributed by atoms with Gasteiger partial charge in [-0.25, -0.2) is 5.06 Å². The van der Waals surface area contributed by atoms with Crippen LogP contribution in [0.25, 0.3) is 0 Å². The maximum absolute atomic E-state index is 12.8. The Kier molecular flexibility index (Phi) is 5.43. The van der Waals surface area contributed by atoms with Crippen molar-refractivity contribution in [1.29, 1.82) is 0 Å². The first-order valence-electron chi connectivity index (χ1n) is 9.54. The van der Waals surface area contributed by atoms with Gasteiger partial charge in [0.1, 0.15) is 12.1 Å². The van der Waals surface area contributed by atoms with Crippen LogP contribution in [0.2, 0.25) is 13.1 Å². The molecule has 0 radical (unpaired) electrons. The number of carbonyl (C=O) groups is 2. The van der Waals surface area contributed by atoms with Crippen LogP contribution in [0.3, 0.4) is 0 Å². The molecule has 2 aliphatic rings. The number of carbonyl (C=O) groups excluding carboxylic acids is 2. The summed E-state index contributed by atoms with van der Waals surface area (Å²) in [6.07, 6.45) is 3.40. The maximum atomic E-state index is 12.8. The summed E-state index contributed by atoms with van der Waals surface area (Å²) >= 11 is 0. The summed E-state index contributed by atoms with van der Waals surface area (Å²) in [4.78, 5) is 31.2. The standard InChI is InChI=1S/C21H29NO4Si/c1-20(2,3)16-13-21(12-11-17(16)23)18(26-27(4)5)19(24)22(21)25-14-15-9-7-6-8-10-15/h6-12,16,18,27H,13-14H2,1-5H3/t16-,18?,21+/m1/s1. The molecule has 0 bridgehead atoms. The van der Waals surface area contributed by atoms with Gasteiger partial charge in [-0.05, 0) is 42.6 Å². The fourth-order valence-corrected chi connectivity index (χ4v) is 4.72. The zero-order valence-electron chi connectivity index (χ0n) is 16.8. The molecular weight excluding hydrogens is 358 g/mol. The Morgan fingerprint density at radius 2 is 1.85 bits per heavy atom. The highest BCUT2D eigenvalue weighted by Crippen LogP contribution is 2.48. The molecule has 1 unspecified atom stereocenters. The molecule has 0 N–H and O–H groups in total. The first-order valence-corrected chi connectivity index (χ1v) is 12.3. The average molecular weight is 388 g/mol. The molecule has 3 atom stereocenters. The highest BCUT2D eigenvalue weighted by atomic mass is 28.3. The van der Waals surface area contributed by atoms with E-state index in [-0.39, 0.29) is 23.0 Å². The van der Waals surface area contributed by atoms with Gasteiger partial charge in [0.25, 0.3) is 5.91 Å². The number of rotatable bonds is 5. The molecule has 5 nitrogen and oxygen atoms in total. The number of β-lactam (4-membered cyclic amide) rings is 1. The van der Waals surface area contributed by atoms with Gasteiger partial charge in [-0.15, -0.1) is 0 Å². The van der Waals surface area contributed by atoms with Crippen molar-refractivity contribution in [2.75, 3.05) is 0 Å². The minimum atomic E-state index is -1.44. The molecule has 1 aromatic carbocycles. The quantitative estimate of drug-likeness (QED) is 0.575. The highest BCUT2D eigenvalue weighted by molar-refractivity contribution is 6.48. The Morgan fingerprint density at radius 1 is 1.19 bits per heavy atom. The van der Waals surface area contributed by atoms with E-state index in [1.54, 1.807) is 6.08 Å². The number of hydrogen-bond acceptors (Lipinski definition) is 4. The third-order valence-electron chi connectivity index (χ3n) is 5.32. The molecule has 0 saturated carbocycles. The fraction of sp³-hybridized carbons (Fsp3) is 0.524. The molecule has 0 aromatic heterocycles. The number of allylic oxidation sites excluding steroid dienone is 1. The Labute approximate surface area is 163 Å². The predicted octanol–water partition coefficient (Wildman–Crippen LogP) is 3.26. The second kappa shape index (κ2) is 7.34. The van der Waals surface area contributed by atoms with Crippen molar-refractivity contribution in [2.24, 2.45) is 11.3 Å². The number of amides is 1. The first kappa shape index (κ1) is 20.0. The lowest BCUT2D eigenvalue weighted by atomic mass is 9.64. The number of nitrogens with zero attached hydrogens (tertiary/aromatic N) is 1. The van der Waals surface area contributed by atoms with Crippen LogP contribution < -0.4 is 0 Å². The minimum absolute atomic E-state index is 0.107. The smallest absolute Gasteiger partial charge is 0.277 e. The van der Waals surface area contributed by atoms with Crippen LogP contribution in [0.4, 0.5) is 0 Å². The molecule has 1 aliphatic carbocycles. The molecule has 1 spiro atoms. The molecule has 27 heavy (non-hydrogen) atoms. The number of hydrogen-bond donors (Lipinski definition) is 0. The molecule has 1 aromatic rings. The molecule has 1 aliphatic heterocycles. The van der Waals surface area contributed by atoms with Crippen LogP contribution in [0.5, 0.6) is 0 Å². The minimum Gasteiger partial charge on any atom is -0.407 e. The number of benzene rings is 1. The van der Waals surface area contributed by atoms with Crippen LogP contribution in [0.15, 0.2) is 42.5 Å². The molecule has 6 heteroatoms. The van der Waals surface area contributed by atoms with Crippen molar-refractivity contribution < 1.29 is 18.9 Å². The summed E-state index contributed by atoms with van der Waals surface area (Å²) in [5.74, 6) is -0.229. The van der Waals surface area contributed by atoms with Crippen LogP contribution in [0.1, 0.15) is 32.8 Å². The molecule has 146 valence electrons. The number of hydroxylamine groups is 2. The van der Waals surface area contributed by atoms with Gasteiger partial charge in [-0.3, -0.25) is 14.4 Å². The Bertz CT molecular complexity index is 740. The molecule has 1 heterocycles. The second-order valence-electron chi connectivity index (χ2n) is 8.81. The highest BCUT2D eigenvalue weighted by Gasteiger charge is 2.64. The Morgan fingerprint density at radius 3 is 2.44 bits per heavy atom. The lowest BCUT2D eigenvalue weighted by Gasteiger charge is -2.57. The zero-order chi connectivity index (χ0) is 19.8. The predicted molar refractivity (Wildman–Crippen MR) is 106 cm³/mol. The molecule has 1 saturated heterocycles. The van der Waals surface area contributed by atoms with Gasteiger partial charge in [0.2, 0.25) is 0 Å². The van der Waals surface area contributed by atoms with Gasteiger partial charge in [0, 0.05) is 5.92 Å². The summed E-state index contributed by atoms with van der Waals surface area (Å²) < 4.78 is 6.08. The summed E-state index contributed by atoms with van der Waals surface area (Å²) in [6.45, 7) is 10.6. The van der Waals surface area contributed by atoms with Crippen molar-refractivity contribution in [1.82, 2.24) is 5.06 Å². The van der Waals surface area contributed by atoms with Gasteiger partial charge in [-0.2, -0.15) is 0 Å². The van der Waals surface area contributed by atoms with Crippen LogP contribution in [-0.2, 0) is 25.5 Å². The third-order valence-corrected chi connectivity index (χ3v) is 6.14. The number of ketones is 1. The van der Waals surface area contributed by atoms with E-state index >= 15 is 0 Å². The third kappa shape index (κ3) is 3.79. The van der Waals surface area contributed by atoms with E-state index in [2.05, 4.69) is 20.8 Å². The van der Waals surface area contributed by atoms with Gasteiger partial charge in [0.15, 0.2) is 20.9 Å². The van der Waals surface area contributed by atoms with Crippen LogP contribution >= 0.6 is 0 Å². The summed E-state index contributed by atoms with van der Waals surface area (Å²) in [5, 5.41) is 1.45. The van der Waals surface area contributed by atoms with E-state index in [4.69, 9.17) is 9.26 Å². The van der Waals surface area contributed by atoms with Crippen molar-refractivity contribution in [3.8, 4) is 0 Å². The van der Waals surface area contributed by atoms with Gasteiger partial charge >= 0.3 is 0 Å². The SMILES string of the molecule is C[SiH](C)OC1C(=O)N(OCc2ccccc2)[C@]12C=CC(=O)[C@H](C(C)(C)C)C2. The van der Waals surface area contributed by atoms with E-state index in [0.717, 1.165) is 5.56 Å². The topological polar surface area (TPSA) is 55.8 Å². The maximum Gasteiger partial charge on any atom is 0.277 e. The Hall–Kier alpha value is -1.76. The normalized spacial score (nSPS) is 28.1. The van der Waals surface area contributed by atoms with E-state index in [9.17, 15) is 9.59 Å². The second-order valence-corrected chi connectivity index (χ2v) is 11.2. The van der Waals surface area contributed by atoms with E-state index in [1.165, 1.54) is 5.06 Å². The first-order chi connectivity index (χ1) is 12.6. The van der Waals surface area contributed by atoms with Gasteiger partial charge in [0.05, 0.1) is 0 Å². The summed E-state index contributed by atoms with van der Waals surface area (Å²) in [6, 6.07) is 9.75. The van der Waals surface area contributed by atoms with Crippen molar-refractivity contribution in [3.05, 3.63) is 48.0 Å². The molecule has 1 fully saturated rings. The van der Waals surface area contributed by atoms with Crippen molar-refractivity contribution >= 4 is 20.7 Å². The molecule has 1 amide bonds. The zero-order valence-corrected chi connectivity index (χ0v) is 17.9. The van der Waals surface area contributed by atoms with Gasteiger partial charge in [-0.1, -0.05) is 51.1 Å². The monoisotopic (exact) mass is 387 g/mol. The van der Waals surface area contributed by atoms with E-state index in [1.807, 2.05) is 49.5 Å². The van der Waals surface area contributed by atoms with Gasteiger partial charge < -0.3 is 4.43 Å². The lowest BCUT2D eigenvalue weighted by Crippen LogP contribution is -2.76. The van der Waals surface area contributed by atoms with Crippen molar-refractivity contribution in [2.45, 2.75) is 58.5 Å². The van der Waals surface area contributed by atoms with Crippen LogP contribution in [-0.4, -0.2) is 37.4 Å². The summed E-state index contributed by atoms with van der Waals surface area (Å²) in [5.41, 5.74) is 0.0965. The molecule has 3 rings (SSSR count). The molecular formula is C21H29NO4Si. The average Bonchev–Trinajstić information content (AvgIpc) is 2.61. The summed E-state index contributed by atoms with van der Waals surface area (Å²) in [7, 11) is -1.44. The van der Waals surface area contributed by atoms with Crippen LogP contribution in [0, 0.1) is 11.3 Å². The fourth-order valence-electron chi connectivity index (χ4n) is 3.83. The Balaban J connectivity index is 1.87. The largest absolute Gasteiger partial charge is 0.407 e. The van der Waals surface area contributed by atoms with E-state index < -0.39 is 20.7 Å². The lowest BCUT2D eigenvalue weighted by molar-refractivity contribution is -0.281. The van der Waals surface area contributed by atoms with E-state index in [0.29, 0.717) is 13.0 Å².